The molecular formula is C25H26ClN5O4. The molecular weight excluding hydrogens is 470 g/mol. The SMILES string of the molecule is CCn1c(=O)n(C2CCN(c3ncnc4cc(OC)c(OC)cc34)CC2)c(=O)c2ccc(Cl)cc21. The van der Waals surface area contributed by atoms with E-state index in [9.17, 15) is 9.59 Å². The molecule has 0 radical (unpaired) electrons. The van der Waals surface area contributed by atoms with Crippen molar-refractivity contribution < 1.29 is 9.47 Å². The summed E-state index contributed by atoms with van der Waals surface area (Å²) >= 11 is 6.14. The molecule has 182 valence electrons. The van der Waals surface area contributed by atoms with Gasteiger partial charge in [-0.1, -0.05) is 11.6 Å². The maximum atomic E-state index is 13.3. The van der Waals surface area contributed by atoms with Gasteiger partial charge in [0.05, 0.1) is 30.6 Å². The molecule has 10 heteroatoms. The number of aryl methyl sites for hydroxylation is 1. The molecule has 1 aliphatic heterocycles. The molecule has 1 saturated heterocycles. The molecule has 0 spiro atoms. The third-order valence-electron chi connectivity index (χ3n) is 6.70. The van der Waals surface area contributed by atoms with Gasteiger partial charge in [0, 0.05) is 42.2 Å². The van der Waals surface area contributed by atoms with Crippen LogP contribution < -0.4 is 25.6 Å². The lowest BCUT2D eigenvalue weighted by Gasteiger charge is -2.34. The summed E-state index contributed by atoms with van der Waals surface area (Å²) in [6.07, 6.45) is 2.81. The van der Waals surface area contributed by atoms with Crippen molar-refractivity contribution in [1.82, 2.24) is 19.1 Å². The highest BCUT2D eigenvalue weighted by atomic mass is 35.5. The van der Waals surface area contributed by atoms with E-state index in [1.165, 1.54) is 10.9 Å². The summed E-state index contributed by atoms with van der Waals surface area (Å²) < 4.78 is 13.9. The summed E-state index contributed by atoms with van der Waals surface area (Å²) in [6, 6.07) is 8.58. The standard InChI is InChI=1S/C25H26ClN5O4/c1-4-30-20-11-15(26)5-6-17(20)24(32)31(25(30)33)16-7-9-29(10-8-16)23-18-12-21(34-2)22(35-3)13-19(18)27-14-28-23/h5-6,11-14,16H,4,7-10H2,1-3H3. The average Bonchev–Trinajstić information content (AvgIpc) is 2.88. The second-order valence-corrected chi connectivity index (χ2v) is 8.94. The summed E-state index contributed by atoms with van der Waals surface area (Å²) in [7, 11) is 3.18. The molecule has 1 fully saturated rings. The molecule has 0 N–H and O–H groups in total. The molecule has 0 amide bonds. The van der Waals surface area contributed by atoms with E-state index in [1.807, 2.05) is 19.1 Å². The van der Waals surface area contributed by atoms with Crippen molar-refractivity contribution in [2.75, 3.05) is 32.2 Å². The fourth-order valence-corrected chi connectivity index (χ4v) is 5.11. The molecule has 0 atom stereocenters. The number of hydrogen-bond donors (Lipinski definition) is 0. The Hall–Kier alpha value is -3.59. The fraction of sp³-hybridized carbons (Fsp3) is 0.360. The highest BCUT2D eigenvalue weighted by Gasteiger charge is 2.27. The summed E-state index contributed by atoms with van der Waals surface area (Å²) in [5.74, 6) is 2.00. The van der Waals surface area contributed by atoms with Crippen LogP contribution in [0.15, 0.2) is 46.2 Å². The van der Waals surface area contributed by atoms with Crippen molar-refractivity contribution in [1.29, 1.82) is 0 Å². The van der Waals surface area contributed by atoms with Crippen LogP contribution in [0.2, 0.25) is 5.02 Å². The van der Waals surface area contributed by atoms with Crippen LogP contribution in [0.1, 0.15) is 25.8 Å². The fourth-order valence-electron chi connectivity index (χ4n) is 4.94. The summed E-state index contributed by atoms with van der Waals surface area (Å²) in [4.78, 5) is 37.8. The summed E-state index contributed by atoms with van der Waals surface area (Å²) in [5, 5.41) is 1.86. The Kier molecular flexibility index (Phi) is 6.10. The van der Waals surface area contributed by atoms with Crippen molar-refractivity contribution in [3.8, 4) is 11.5 Å². The predicted molar refractivity (Wildman–Crippen MR) is 136 cm³/mol. The molecule has 0 saturated carbocycles. The van der Waals surface area contributed by atoms with Crippen LogP contribution in [-0.4, -0.2) is 46.4 Å². The van der Waals surface area contributed by atoms with Gasteiger partial charge in [0.1, 0.15) is 12.1 Å². The Labute approximate surface area is 206 Å². The van der Waals surface area contributed by atoms with E-state index in [1.54, 1.807) is 37.0 Å². The quantitative estimate of drug-likeness (QED) is 0.417. The Morgan fingerprint density at radius 3 is 2.40 bits per heavy atom. The average molecular weight is 496 g/mol. The summed E-state index contributed by atoms with van der Waals surface area (Å²) in [6.45, 7) is 3.62. The Bertz CT molecular complexity index is 1540. The molecule has 0 aliphatic carbocycles. The number of halogens is 1. The first-order valence-corrected chi connectivity index (χ1v) is 11.9. The Morgan fingerprint density at radius 1 is 1.00 bits per heavy atom. The van der Waals surface area contributed by atoms with Gasteiger partial charge in [0.25, 0.3) is 5.56 Å². The monoisotopic (exact) mass is 495 g/mol. The molecule has 0 unspecified atom stereocenters. The molecule has 3 heterocycles. The molecule has 5 rings (SSSR count). The zero-order valence-corrected chi connectivity index (χ0v) is 20.6. The van der Waals surface area contributed by atoms with Crippen LogP contribution in [0.4, 0.5) is 5.82 Å². The van der Waals surface area contributed by atoms with Crippen LogP contribution in [0.5, 0.6) is 11.5 Å². The van der Waals surface area contributed by atoms with Gasteiger partial charge in [0.2, 0.25) is 0 Å². The number of anilines is 1. The van der Waals surface area contributed by atoms with Gasteiger partial charge in [-0.15, -0.1) is 0 Å². The topological polar surface area (TPSA) is 91.5 Å². The van der Waals surface area contributed by atoms with Crippen LogP contribution in [0.25, 0.3) is 21.8 Å². The van der Waals surface area contributed by atoms with E-state index < -0.39 is 0 Å². The second kappa shape index (κ2) is 9.22. The van der Waals surface area contributed by atoms with Crippen LogP contribution in [0, 0.1) is 0 Å². The lowest BCUT2D eigenvalue weighted by molar-refractivity contribution is 0.355. The first kappa shape index (κ1) is 23.2. The maximum absolute atomic E-state index is 13.3. The van der Waals surface area contributed by atoms with Gasteiger partial charge in [-0.25, -0.2) is 14.8 Å². The second-order valence-electron chi connectivity index (χ2n) is 8.50. The Morgan fingerprint density at radius 2 is 1.71 bits per heavy atom. The van der Waals surface area contributed by atoms with Gasteiger partial charge in [-0.3, -0.25) is 13.9 Å². The molecule has 0 bridgehead atoms. The normalized spacial score (nSPS) is 14.6. The minimum Gasteiger partial charge on any atom is -0.493 e. The van der Waals surface area contributed by atoms with Crippen molar-refractivity contribution in [2.24, 2.45) is 0 Å². The van der Waals surface area contributed by atoms with Crippen molar-refractivity contribution in [3.63, 3.8) is 0 Å². The molecule has 2 aromatic carbocycles. The number of methoxy groups -OCH3 is 2. The van der Waals surface area contributed by atoms with Crippen molar-refractivity contribution >= 4 is 39.2 Å². The first-order valence-electron chi connectivity index (χ1n) is 11.5. The number of aromatic nitrogens is 4. The minimum atomic E-state index is -0.296. The van der Waals surface area contributed by atoms with Crippen molar-refractivity contribution in [3.05, 3.63) is 62.5 Å². The van der Waals surface area contributed by atoms with Gasteiger partial charge < -0.3 is 14.4 Å². The van der Waals surface area contributed by atoms with E-state index in [2.05, 4.69) is 14.9 Å². The number of ether oxygens (including phenoxy) is 2. The van der Waals surface area contributed by atoms with Crippen LogP contribution >= 0.6 is 11.6 Å². The number of nitrogens with zero attached hydrogens (tertiary/aromatic N) is 5. The van der Waals surface area contributed by atoms with Crippen molar-refractivity contribution in [2.45, 2.75) is 32.4 Å². The third-order valence-corrected chi connectivity index (χ3v) is 6.94. The van der Waals surface area contributed by atoms with Gasteiger partial charge in [-0.2, -0.15) is 0 Å². The van der Waals surface area contributed by atoms with Gasteiger partial charge in [0.15, 0.2) is 11.5 Å². The van der Waals surface area contributed by atoms with E-state index in [-0.39, 0.29) is 17.3 Å². The molecule has 9 nitrogen and oxygen atoms in total. The van der Waals surface area contributed by atoms with E-state index in [0.717, 1.165) is 16.7 Å². The molecule has 2 aromatic heterocycles. The van der Waals surface area contributed by atoms with Crippen LogP contribution in [0.3, 0.4) is 0 Å². The highest BCUT2D eigenvalue weighted by molar-refractivity contribution is 6.31. The number of hydrogen-bond acceptors (Lipinski definition) is 7. The molecule has 1 aliphatic rings. The summed E-state index contributed by atoms with van der Waals surface area (Å²) in [5.41, 5.74) is 0.759. The largest absolute Gasteiger partial charge is 0.493 e. The van der Waals surface area contributed by atoms with E-state index in [4.69, 9.17) is 21.1 Å². The van der Waals surface area contributed by atoms with Crippen LogP contribution in [-0.2, 0) is 6.54 Å². The zero-order chi connectivity index (χ0) is 24.7. The highest BCUT2D eigenvalue weighted by Crippen LogP contribution is 2.36. The first-order chi connectivity index (χ1) is 17.0. The lowest BCUT2D eigenvalue weighted by atomic mass is 10.0. The smallest absolute Gasteiger partial charge is 0.331 e. The number of fused-ring (bicyclic) bond motifs is 2. The van der Waals surface area contributed by atoms with E-state index >= 15 is 0 Å². The van der Waals surface area contributed by atoms with Gasteiger partial charge >= 0.3 is 5.69 Å². The number of rotatable bonds is 5. The number of piperidine rings is 1. The number of benzene rings is 2. The molecule has 35 heavy (non-hydrogen) atoms. The third kappa shape index (κ3) is 3.89. The minimum absolute atomic E-state index is 0.202. The lowest BCUT2D eigenvalue weighted by Crippen LogP contribution is -2.46. The Balaban J connectivity index is 1.49. The zero-order valence-electron chi connectivity index (χ0n) is 19.8. The predicted octanol–water partition coefficient (Wildman–Crippen LogP) is 3.64. The van der Waals surface area contributed by atoms with Gasteiger partial charge in [-0.05, 0) is 44.0 Å². The van der Waals surface area contributed by atoms with E-state index in [0.29, 0.717) is 59.9 Å². The maximum Gasteiger partial charge on any atom is 0.331 e. The molecule has 4 aromatic rings.